The lowest BCUT2D eigenvalue weighted by atomic mass is 10.2. The zero-order chi connectivity index (χ0) is 16.5. The van der Waals surface area contributed by atoms with Crippen LogP contribution in [0.3, 0.4) is 0 Å². The van der Waals surface area contributed by atoms with Gasteiger partial charge in [0.25, 0.3) is 0 Å². The van der Waals surface area contributed by atoms with E-state index in [2.05, 4.69) is 0 Å². The van der Waals surface area contributed by atoms with E-state index in [1.54, 1.807) is 32.4 Å². The summed E-state index contributed by atoms with van der Waals surface area (Å²) in [6.45, 7) is 2.60. The van der Waals surface area contributed by atoms with Gasteiger partial charge in [0.2, 0.25) is 5.91 Å². The second-order valence-corrected chi connectivity index (χ2v) is 4.58. The molecule has 1 N–H and O–H groups in total. The number of ether oxygens (including phenoxy) is 2. The molecule has 1 aromatic carbocycles. The lowest BCUT2D eigenvalue weighted by Crippen LogP contribution is -2.27. The summed E-state index contributed by atoms with van der Waals surface area (Å²) in [6.07, 6.45) is 2.97. The largest absolute Gasteiger partial charge is 0.493 e. The van der Waals surface area contributed by atoms with E-state index in [1.165, 1.54) is 11.0 Å². The third-order valence-electron chi connectivity index (χ3n) is 2.94. The molecule has 0 heterocycles. The molecule has 1 amide bonds. The van der Waals surface area contributed by atoms with Crippen molar-refractivity contribution < 1.29 is 24.2 Å². The fourth-order valence-electron chi connectivity index (χ4n) is 1.73. The highest BCUT2D eigenvalue weighted by Crippen LogP contribution is 2.28. The molecule has 0 aliphatic carbocycles. The average molecular weight is 307 g/mol. The molecule has 0 saturated carbocycles. The Labute approximate surface area is 129 Å². The average Bonchev–Trinajstić information content (AvgIpc) is 2.51. The molecule has 0 radical (unpaired) electrons. The van der Waals surface area contributed by atoms with Gasteiger partial charge in [-0.2, -0.15) is 0 Å². The van der Waals surface area contributed by atoms with Gasteiger partial charge in [-0.05, 0) is 30.7 Å². The Balaban J connectivity index is 2.72. The van der Waals surface area contributed by atoms with Gasteiger partial charge in [-0.15, -0.1) is 0 Å². The van der Waals surface area contributed by atoms with Crippen LogP contribution in [-0.4, -0.2) is 49.2 Å². The predicted octanol–water partition coefficient (Wildman–Crippen LogP) is 2.04. The number of aliphatic carboxylic acids is 1. The van der Waals surface area contributed by atoms with Crippen LogP contribution >= 0.6 is 0 Å². The lowest BCUT2D eigenvalue weighted by molar-refractivity contribution is -0.137. The Morgan fingerprint density at radius 1 is 1.32 bits per heavy atom. The van der Waals surface area contributed by atoms with Gasteiger partial charge in [0.05, 0.1) is 20.1 Å². The number of hydrogen-bond donors (Lipinski definition) is 1. The second kappa shape index (κ2) is 8.71. The summed E-state index contributed by atoms with van der Waals surface area (Å²) in [5.74, 6) is 0.0525. The van der Waals surface area contributed by atoms with Crippen LogP contribution in [-0.2, 0) is 9.59 Å². The van der Waals surface area contributed by atoms with Gasteiger partial charge in [0.15, 0.2) is 11.5 Å². The quantitative estimate of drug-likeness (QED) is 0.744. The number of carboxylic acid groups (broad SMARTS) is 1. The topological polar surface area (TPSA) is 76.1 Å². The van der Waals surface area contributed by atoms with Gasteiger partial charge >= 0.3 is 5.97 Å². The normalized spacial score (nSPS) is 10.5. The Kier molecular flexibility index (Phi) is 6.95. The van der Waals surface area contributed by atoms with Crippen molar-refractivity contribution in [2.75, 3.05) is 27.3 Å². The predicted molar refractivity (Wildman–Crippen MR) is 83.1 cm³/mol. The van der Waals surface area contributed by atoms with Crippen molar-refractivity contribution in [3.8, 4) is 11.5 Å². The van der Waals surface area contributed by atoms with Crippen LogP contribution in [0.2, 0.25) is 0 Å². The summed E-state index contributed by atoms with van der Waals surface area (Å²) < 4.78 is 10.7. The van der Waals surface area contributed by atoms with E-state index in [0.29, 0.717) is 18.1 Å². The molecule has 0 atom stereocenters. The summed E-state index contributed by atoms with van der Waals surface area (Å²) in [7, 11) is 3.12. The first-order valence-electron chi connectivity index (χ1n) is 6.93. The van der Waals surface area contributed by atoms with Crippen molar-refractivity contribution in [3.05, 3.63) is 29.8 Å². The molecule has 0 aliphatic heterocycles. The first kappa shape index (κ1) is 17.6. The number of hydrogen-bond acceptors (Lipinski definition) is 4. The Morgan fingerprint density at radius 2 is 2.05 bits per heavy atom. The van der Waals surface area contributed by atoms with Crippen LogP contribution in [0.25, 0.3) is 6.08 Å². The van der Waals surface area contributed by atoms with Gasteiger partial charge in [0, 0.05) is 19.7 Å². The highest BCUT2D eigenvalue weighted by Gasteiger charge is 2.08. The monoisotopic (exact) mass is 307 g/mol. The Morgan fingerprint density at radius 3 is 2.64 bits per heavy atom. The lowest BCUT2D eigenvalue weighted by Gasteiger charge is -2.13. The molecular formula is C16H21NO5. The van der Waals surface area contributed by atoms with Crippen LogP contribution in [0.4, 0.5) is 0 Å². The number of carboxylic acids is 1. The van der Waals surface area contributed by atoms with Crippen molar-refractivity contribution in [3.63, 3.8) is 0 Å². The molecule has 120 valence electrons. The molecule has 0 aliphatic rings. The molecule has 0 fully saturated rings. The molecule has 0 bridgehead atoms. The Hall–Kier alpha value is -2.50. The van der Waals surface area contributed by atoms with Crippen LogP contribution in [0.5, 0.6) is 11.5 Å². The molecule has 1 rings (SSSR count). The highest BCUT2D eigenvalue weighted by molar-refractivity contribution is 5.91. The van der Waals surface area contributed by atoms with Gasteiger partial charge in [-0.3, -0.25) is 9.59 Å². The SMILES string of the molecule is CCOc1ccc(/C=C/C(=O)N(C)CCC(=O)O)cc1OC. The fraction of sp³-hybridized carbons (Fsp3) is 0.375. The Bertz CT molecular complexity index is 553. The molecule has 1 aromatic rings. The van der Waals surface area contributed by atoms with Gasteiger partial charge in [0.1, 0.15) is 0 Å². The van der Waals surface area contributed by atoms with E-state index >= 15 is 0 Å². The van der Waals surface area contributed by atoms with E-state index in [0.717, 1.165) is 5.56 Å². The van der Waals surface area contributed by atoms with Crippen LogP contribution in [0.1, 0.15) is 18.9 Å². The molecule has 0 spiro atoms. The summed E-state index contributed by atoms with van der Waals surface area (Å²) in [5.41, 5.74) is 0.792. The summed E-state index contributed by atoms with van der Waals surface area (Å²) in [6, 6.07) is 5.36. The number of carbonyl (C=O) groups excluding carboxylic acids is 1. The molecule has 22 heavy (non-hydrogen) atoms. The molecular weight excluding hydrogens is 286 g/mol. The molecule has 0 saturated heterocycles. The maximum absolute atomic E-state index is 11.8. The fourth-order valence-corrected chi connectivity index (χ4v) is 1.73. The third-order valence-corrected chi connectivity index (χ3v) is 2.94. The van der Waals surface area contributed by atoms with Crippen molar-refractivity contribution in [2.45, 2.75) is 13.3 Å². The van der Waals surface area contributed by atoms with E-state index in [-0.39, 0.29) is 18.9 Å². The first-order valence-corrected chi connectivity index (χ1v) is 6.93. The van der Waals surface area contributed by atoms with Crippen LogP contribution < -0.4 is 9.47 Å². The number of likely N-dealkylation sites (N-methyl/N-ethyl adjacent to an activating group) is 1. The molecule has 6 heteroatoms. The smallest absolute Gasteiger partial charge is 0.305 e. The minimum Gasteiger partial charge on any atom is -0.493 e. The number of methoxy groups -OCH3 is 1. The number of nitrogens with zero attached hydrogens (tertiary/aromatic N) is 1. The first-order chi connectivity index (χ1) is 10.5. The van der Waals surface area contributed by atoms with E-state index in [9.17, 15) is 9.59 Å². The minimum atomic E-state index is -0.931. The molecule has 0 unspecified atom stereocenters. The van der Waals surface area contributed by atoms with Crippen LogP contribution in [0.15, 0.2) is 24.3 Å². The van der Waals surface area contributed by atoms with Crippen molar-refractivity contribution in [2.24, 2.45) is 0 Å². The zero-order valence-electron chi connectivity index (χ0n) is 13.0. The second-order valence-electron chi connectivity index (χ2n) is 4.58. The van der Waals surface area contributed by atoms with Gasteiger partial charge in [-0.25, -0.2) is 0 Å². The number of amides is 1. The van der Waals surface area contributed by atoms with E-state index in [1.807, 2.05) is 13.0 Å². The summed E-state index contributed by atoms with van der Waals surface area (Å²) >= 11 is 0. The van der Waals surface area contributed by atoms with E-state index in [4.69, 9.17) is 14.6 Å². The van der Waals surface area contributed by atoms with Crippen LogP contribution in [0, 0.1) is 0 Å². The van der Waals surface area contributed by atoms with Crippen molar-refractivity contribution in [1.29, 1.82) is 0 Å². The third kappa shape index (κ3) is 5.47. The van der Waals surface area contributed by atoms with Gasteiger partial charge in [-0.1, -0.05) is 6.07 Å². The standard InChI is InChI=1S/C16H21NO5/c1-4-22-13-7-5-12(11-14(13)21-3)6-8-15(18)17(2)10-9-16(19)20/h5-8,11H,4,9-10H2,1-3H3,(H,19,20)/b8-6+. The van der Waals surface area contributed by atoms with Gasteiger partial charge < -0.3 is 19.5 Å². The maximum atomic E-state index is 11.8. The highest BCUT2D eigenvalue weighted by atomic mass is 16.5. The number of rotatable bonds is 8. The molecule has 6 nitrogen and oxygen atoms in total. The summed E-state index contributed by atoms with van der Waals surface area (Å²) in [4.78, 5) is 23.7. The maximum Gasteiger partial charge on any atom is 0.305 e. The zero-order valence-corrected chi connectivity index (χ0v) is 13.0. The summed E-state index contributed by atoms with van der Waals surface area (Å²) in [5, 5.41) is 8.60. The van der Waals surface area contributed by atoms with Crippen molar-refractivity contribution >= 4 is 18.0 Å². The number of benzene rings is 1. The molecule has 0 aromatic heterocycles. The number of carbonyl (C=O) groups is 2. The minimum absolute atomic E-state index is 0.0764. The van der Waals surface area contributed by atoms with Crippen molar-refractivity contribution in [1.82, 2.24) is 4.90 Å². The van der Waals surface area contributed by atoms with E-state index < -0.39 is 5.97 Å².